The highest BCUT2D eigenvalue weighted by Crippen LogP contribution is 2.02. The van der Waals surface area contributed by atoms with Gasteiger partial charge in [-0.15, -0.1) is 0 Å². The lowest BCUT2D eigenvalue weighted by Crippen LogP contribution is -1.86. The summed E-state index contributed by atoms with van der Waals surface area (Å²) in [6.07, 6.45) is 14.9. The maximum Gasteiger partial charge on any atom is 0.0873 e. The Hall–Kier alpha value is -0.720. The topological polar surface area (TPSA) is 9.23 Å². The van der Waals surface area contributed by atoms with Crippen molar-refractivity contribution in [2.45, 2.75) is 51.9 Å². The van der Waals surface area contributed by atoms with Crippen LogP contribution in [0.25, 0.3) is 0 Å². The lowest BCUT2D eigenvalue weighted by atomic mass is 10.1. The minimum Gasteiger partial charge on any atom is -0.502 e. The average Bonchev–Trinajstić information content (AvgIpc) is 2.21. The van der Waals surface area contributed by atoms with E-state index in [1.807, 2.05) is 0 Å². The van der Waals surface area contributed by atoms with E-state index in [1.165, 1.54) is 44.8 Å². The van der Waals surface area contributed by atoms with Crippen molar-refractivity contribution in [3.8, 4) is 0 Å². The Labute approximate surface area is 88.9 Å². The van der Waals surface area contributed by atoms with Gasteiger partial charge in [-0.2, -0.15) is 0 Å². The molecule has 1 heteroatoms. The molecule has 0 fully saturated rings. The van der Waals surface area contributed by atoms with E-state index in [2.05, 4.69) is 25.7 Å². The highest BCUT2D eigenvalue weighted by atomic mass is 16.5. The number of rotatable bonds is 10. The quantitative estimate of drug-likeness (QED) is 0.285. The van der Waals surface area contributed by atoms with Crippen molar-refractivity contribution in [2.24, 2.45) is 0 Å². The number of hydrogen-bond acceptors (Lipinski definition) is 1. The Morgan fingerprint density at radius 3 is 2.36 bits per heavy atom. The van der Waals surface area contributed by atoms with Gasteiger partial charge in [0.15, 0.2) is 0 Å². The fourth-order valence-electron chi connectivity index (χ4n) is 1.27. The van der Waals surface area contributed by atoms with Gasteiger partial charge in [0, 0.05) is 0 Å². The SMILES string of the molecule is C=COCCCCC/C=C/CCCC. The maximum absolute atomic E-state index is 5.04. The van der Waals surface area contributed by atoms with Crippen molar-refractivity contribution in [1.29, 1.82) is 0 Å². The molecule has 0 N–H and O–H groups in total. The first-order valence-electron chi connectivity index (χ1n) is 5.79. The second kappa shape index (κ2) is 12.3. The Morgan fingerprint density at radius 1 is 1.00 bits per heavy atom. The number of allylic oxidation sites excluding steroid dienone is 2. The molecule has 0 saturated heterocycles. The summed E-state index contributed by atoms with van der Waals surface area (Å²) >= 11 is 0. The molecule has 14 heavy (non-hydrogen) atoms. The van der Waals surface area contributed by atoms with Gasteiger partial charge in [0.2, 0.25) is 0 Å². The first kappa shape index (κ1) is 13.3. The largest absolute Gasteiger partial charge is 0.502 e. The molecule has 0 saturated carbocycles. The summed E-state index contributed by atoms with van der Waals surface area (Å²) in [6.45, 7) is 6.56. The van der Waals surface area contributed by atoms with Crippen LogP contribution in [0.4, 0.5) is 0 Å². The highest BCUT2D eigenvalue weighted by molar-refractivity contribution is 4.81. The van der Waals surface area contributed by atoms with E-state index in [4.69, 9.17) is 4.74 Å². The molecule has 0 aliphatic rings. The van der Waals surface area contributed by atoms with Crippen molar-refractivity contribution in [3.63, 3.8) is 0 Å². The van der Waals surface area contributed by atoms with Crippen LogP contribution >= 0.6 is 0 Å². The third-order valence-electron chi connectivity index (χ3n) is 2.14. The lowest BCUT2D eigenvalue weighted by Gasteiger charge is -1.98. The maximum atomic E-state index is 5.04. The third kappa shape index (κ3) is 11.3. The summed E-state index contributed by atoms with van der Waals surface area (Å²) < 4.78 is 5.04. The minimum atomic E-state index is 0.822. The van der Waals surface area contributed by atoms with Crippen LogP contribution in [0.3, 0.4) is 0 Å². The van der Waals surface area contributed by atoms with Gasteiger partial charge in [-0.25, -0.2) is 0 Å². The first-order chi connectivity index (χ1) is 6.91. The van der Waals surface area contributed by atoms with Gasteiger partial charge in [-0.3, -0.25) is 0 Å². The fraction of sp³-hybridized carbons (Fsp3) is 0.692. The highest BCUT2D eigenvalue weighted by Gasteiger charge is 1.86. The van der Waals surface area contributed by atoms with Crippen molar-refractivity contribution < 1.29 is 4.74 Å². The van der Waals surface area contributed by atoms with Crippen LogP contribution in [0.2, 0.25) is 0 Å². The molecule has 0 bridgehead atoms. The number of hydrogen-bond donors (Lipinski definition) is 0. The van der Waals surface area contributed by atoms with Crippen LogP contribution < -0.4 is 0 Å². The van der Waals surface area contributed by atoms with E-state index < -0.39 is 0 Å². The van der Waals surface area contributed by atoms with Gasteiger partial charge in [0.25, 0.3) is 0 Å². The molecular formula is C13H24O. The Bertz CT molecular complexity index is 138. The van der Waals surface area contributed by atoms with Crippen molar-refractivity contribution in [3.05, 3.63) is 25.0 Å². The van der Waals surface area contributed by atoms with Crippen molar-refractivity contribution >= 4 is 0 Å². The predicted molar refractivity (Wildman–Crippen MR) is 63.3 cm³/mol. The molecule has 0 aromatic rings. The van der Waals surface area contributed by atoms with Crippen LogP contribution in [-0.4, -0.2) is 6.61 Å². The zero-order valence-corrected chi connectivity index (χ0v) is 9.50. The molecular weight excluding hydrogens is 172 g/mol. The van der Waals surface area contributed by atoms with E-state index in [9.17, 15) is 0 Å². The average molecular weight is 196 g/mol. The Kier molecular flexibility index (Phi) is 11.6. The Balaban J connectivity index is 2.97. The smallest absolute Gasteiger partial charge is 0.0873 e. The summed E-state index contributed by atoms with van der Waals surface area (Å²) in [7, 11) is 0. The van der Waals surface area contributed by atoms with Gasteiger partial charge >= 0.3 is 0 Å². The van der Waals surface area contributed by atoms with E-state index >= 15 is 0 Å². The molecule has 0 aromatic heterocycles. The molecule has 0 atom stereocenters. The lowest BCUT2D eigenvalue weighted by molar-refractivity contribution is 0.242. The second-order valence-electron chi connectivity index (χ2n) is 3.50. The molecule has 0 aliphatic carbocycles. The van der Waals surface area contributed by atoms with Crippen molar-refractivity contribution in [1.82, 2.24) is 0 Å². The molecule has 0 unspecified atom stereocenters. The van der Waals surface area contributed by atoms with Crippen LogP contribution in [0, 0.1) is 0 Å². The third-order valence-corrected chi connectivity index (χ3v) is 2.14. The molecule has 1 nitrogen and oxygen atoms in total. The molecule has 0 aliphatic heterocycles. The second-order valence-corrected chi connectivity index (χ2v) is 3.50. The zero-order chi connectivity index (χ0) is 10.5. The summed E-state index contributed by atoms with van der Waals surface area (Å²) in [5, 5.41) is 0. The predicted octanol–water partition coefficient (Wildman–Crippen LogP) is 4.45. The number of ether oxygens (including phenoxy) is 1. The number of unbranched alkanes of at least 4 members (excludes halogenated alkanes) is 5. The molecule has 82 valence electrons. The normalized spacial score (nSPS) is 10.6. The van der Waals surface area contributed by atoms with Crippen LogP contribution in [0.5, 0.6) is 0 Å². The molecule has 0 radical (unpaired) electrons. The van der Waals surface area contributed by atoms with E-state index in [0.29, 0.717) is 0 Å². The van der Waals surface area contributed by atoms with Crippen LogP contribution in [-0.2, 0) is 4.74 Å². The molecule has 0 rings (SSSR count). The van der Waals surface area contributed by atoms with Crippen LogP contribution in [0.1, 0.15) is 51.9 Å². The fourth-order valence-corrected chi connectivity index (χ4v) is 1.27. The van der Waals surface area contributed by atoms with Gasteiger partial charge in [-0.1, -0.05) is 38.5 Å². The van der Waals surface area contributed by atoms with E-state index in [1.54, 1.807) is 0 Å². The Morgan fingerprint density at radius 2 is 1.71 bits per heavy atom. The minimum absolute atomic E-state index is 0.822. The zero-order valence-electron chi connectivity index (χ0n) is 9.50. The molecule has 0 heterocycles. The van der Waals surface area contributed by atoms with Crippen molar-refractivity contribution in [2.75, 3.05) is 6.61 Å². The summed E-state index contributed by atoms with van der Waals surface area (Å²) in [6, 6.07) is 0. The van der Waals surface area contributed by atoms with Gasteiger partial charge in [-0.05, 0) is 32.1 Å². The molecule has 0 spiro atoms. The summed E-state index contributed by atoms with van der Waals surface area (Å²) in [5.41, 5.74) is 0. The van der Waals surface area contributed by atoms with Crippen LogP contribution in [0.15, 0.2) is 25.0 Å². The summed E-state index contributed by atoms with van der Waals surface area (Å²) in [5.74, 6) is 0. The molecule has 0 aromatic carbocycles. The first-order valence-corrected chi connectivity index (χ1v) is 5.79. The van der Waals surface area contributed by atoms with Gasteiger partial charge in [0.1, 0.15) is 0 Å². The van der Waals surface area contributed by atoms with E-state index in [-0.39, 0.29) is 0 Å². The molecule has 0 amide bonds. The summed E-state index contributed by atoms with van der Waals surface area (Å²) in [4.78, 5) is 0. The van der Waals surface area contributed by atoms with Gasteiger partial charge in [0.05, 0.1) is 12.9 Å². The van der Waals surface area contributed by atoms with Gasteiger partial charge < -0.3 is 4.74 Å². The standard InChI is InChI=1S/C13H24O/c1-3-5-6-7-8-9-10-11-12-13-14-4-2/h4,7-8H,2-3,5-6,9-13H2,1H3/b8-7+. The van der Waals surface area contributed by atoms with E-state index in [0.717, 1.165) is 13.0 Å². The monoisotopic (exact) mass is 196 g/mol.